The number of nitrogens with zero attached hydrogens (tertiary/aromatic N) is 2. The van der Waals surface area contributed by atoms with Crippen LogP contribution in [-0.2, 0) is 19.6 Å². The first kappa shape index (κ1) is 23.4. The van der Waals surface area contributed by atoms with Gasteiger partial charge in [-0.1, -0.05) is 56.3 Å². The molecule has 0 aliphatic carbocycles. The molecular weight excluding hydrogens is 454 g/mol. The van der Waals surface area contributed by atoms with Crippen LogP contribution in [0.15, 0.2) is 53.5 Å². The first-order valence-corrected chi connectivity index (χ1v) is 9.14. The van der Waals surface area contributed by atoms with E-state index < -0.39 is 0 Å². The molecular formula is C21H30FIN4. The van der Waals surface area contributed by atoms with Crippen molar-refractivity contribution in [2.45, 2.75) is 33.5 Å². The van der Waals surface area contributed by atoms with Gasteiger partial charge in [0.1, 0.15) is 5.82 Å². The molecule has 2 rings (SSSR count). The maximum Gasteiger partial charge on any atom is 0.191 e. The fourth-order valence-electron chi connectivity index (χ4n) is 2.70. The number of hydrogen-bond donors (Lipinski definition) is 2. The molecule has 6 heteroatoms. The quantitative estimate of drug-likeness (QED) is 0.336. The molecule has 0 saturated carbocycles. The highest BCUT2D eigenvalue weighted by Gasteiger charge is 2.04. The molecule has 2 N–H and O–H groups in total. The zero-order valence-electron chi connectivity index (χ0n) is 16.3. The second kappa shape index (κ2) is 12.7. The Balaban J connectivity index is 0.00000364. The molecule has 0 aliphatic rings. The van der Waals surface area contributed by atoms with Crippen molar-refractivity contribution in [3.05, 3.63) is 71.0 Å². The molecule has 0 heterocycles. The molecule has 0 saturated heterocycles. The highest BCUT2D eigenvalue weighted by Crippen LogP contribution is 2.08. The molecule has 0 radical (unpaired) electrons. The predicted molar refractivity (Wildman–Crippen MR) is 122 cm³/mol. The minimum atomic E-state index is -0.209. The van der Waals surface area contributed by atoms with Gasteiger partial charge in [0, 0.05) is 32.2 Å². The Morgan fingerprint density at radius 3 is 2.11 bits per heavy atom. The summed E-state index contributed by atoms with van der Waals surface area (Å²) < 4.78 is 13.7. The third kappa shape index (κ3) is 7.84. The van der Waals surface area contributed by atoms with Crippen molar-refractivity contribution in [3.8, 4) is 0 Å². The van der Waals surface area contributed by atoms with E-state index in [9.17, 15) is 4.39 Å². The first-order valence-electron chi connectivity index (χ1n) is 9.14. The average molecular weight is 484 g/mol. The number of benzene rings is 2. The number of rotatable bonds is 8. The molecule has 0 spiro atoms. The third-order valence-electron chi connectivity index (χ3n) is 4.41. The van der Waals surface area contributed by atoms with Crippen LogP contribution < -0.4 is 10.6 Å². The summed E-state index contributed by atoms with van der Waals surface area (Å²) in [5.41, 5.74) is 3.12. The Bertz CT molecular complexity index is 700. The van der Waals surface area contributed by atoms with Gasteiger partial charge in [-0.2, -0.15) is 0 Å². The summed E-state index contributed by atoms with van der Waals surface area (Å²) in [5, 5.41) is 6.41. The van der Waals surface area contributed by atoms with Gasteiger partial charge in [-0.3, -0.25) is 9.89 Å². The Kier molecular flexibility index (Phi) is 11.0. The van der Waals surface area contributed by atoms with E-state index in [1.807, 2.05) is 6.07 Å². The van der Waals surface area contributed by atoms with Crippen LogP contribution in [0.4, 0.5) is 4.39 Å². The fourth-order valence-corrected chi connectivity index (χ4v) is 2.70. The zero-order chi connectivity index (χ0) is 18.8. The van der Waals surface area contributed by atoms with Crippen LogP contribution in [0.2, 0.25) is 0 Å². The molecule has 0 bridgehead atoms. The maximum atomic E-state index is 13.7. The van der Waals surface area contributed by atoms with Crippen molar-refractivity contribution >= 4 is 29.9 Å². The molecule has 148 valence electrons. The van der Waals surface area contributed by atoms with Crippen molar-refractivity contribution in [1.29, 1.82) is 0 Å². The van der Waals surface area contributed by atoms with Gasteiger partial charge in [0.15, 0.2) is 5.96 Å². The molecule has 0 atom stereocenters. The highest BCUT2D eigenvalue weighted by atomic mass is 127. The molecule has 2 aromatic carbocycles. The van der Waals surface area contributed by atoms with Crippen molar-refractivity contribution in [3.63, 3.8) is 0 Å². The minimum Gasteiger partial charge on any atom is -0.352 e. The van der Waals surface area contributed by atoms with E-state index in [4.69, 9.17) is 0 Å². The van der Waals surface area contributed by atoms with Crippen molar-refractivity contribution < 1.29 is 4.39 Å². The lowest BCUT2D eigenvalue weighted by Gasteiger charge is -2.18. The Hall–Kier alpha value is -1.67. The summed E-state index contributed by atoms with van der Waals surface area (Å²) in [5.74, 6) is 0.444. The van der Waals surface area contributed by atoms with Crippen LogP contribution in [-0.4, -0.2) is 31.0 Å². The lowest BCUT2D eigenvalue weighted by Crippen LogP contribution is -2.36. The van der Waals surface area contributed by atoms with Gasteiger partial charge in [-0.25, -0.2) is 4.39 Å². The van der Waals surface area contributed by atoms with Crippen LogP contribution in [0.3, 0.4) is 0 Å². The van der Waals surface area contributed by atoms with Gasteiger partial charge >= 0.3 is 0 Å². The number of guanidine groups is 1. The lowest BCUT2D eigenvalue weighted by atomic mass is 10.1. The molecule has 4 nitrogen and oxygen atoms in total. The molecule has 27 heavy (non-hydrogen) atoms. The molecule has 0 aromatic heterocycles. The summed E-state index contributed by atoms with van der Waals surface area (Å²) in [6, 6.07) is 15.4. The van der Waals surface area contributed by atoms with E-state index in [0.29, 0.717) is 24.6 Å². The Morgan fingerprint density at radius 1 is 0.926 bits per heavy atom. The summed E-state index contributed by atoms with van der Waals surface area (Å²) in [7, 11) is 1.71. The maximum absolute atomic E-state index is 13.7. The van der Waals surface area contributed by atoms with Gasteiger partial charge in [0.05, 0.1) is 0 Å². The van der Waals surface area contributed by atoms with Gasteiger partial charge in [-0.15, -0.1) is 24.0 Å². The van der Waals surface area contributed by atoms with E-state index in [2.05, 4.69) is 58.6 Å². The van der Waals surface area contributed by atoms with Crippen LogP contribution in [0.25, 0.3) is 0 Å². The lowest BCUT2D eigenvalue weighted by molar-refractivity contribution is 0.296. The SMILES string of the molecule is CCN(CC)Cc1ccc(CNC(=NC)NCc2ccccc2F)cc1.I. The number of hydrogen-bond acceptors (Lipinski definition) is 2. The standard InChI is InChI=1S/C21H29FN4.HI/c1-4-26(5-2)16-18-12-10-17(11-13-18)14-24-21(23-3)25-15-19-8-6-7-9-20(19)22;/h6-13H,4-5,14-16H2,1-3H3,(H2,23,24,25);1H. The zero-order valence-corrected chi connectivity index (χ0v) is 18.7. The number of aliphatic imine (C=N–C) groups is 1. The van der Waals surface area contributed by atoms with Crippen molar-refractivity contribution in [1.82, 2.24) is 15.5 Å². The summed E-state index contributed by atoms with van der Waals surface area (Å²) in [6.07, 6.45) is 0. The van der Waals surface area contributed by atoms with Crippen molar-refractivity contribution in [2.24, 2.45) is 4.99 Å². The summed E-state index contributed by atoms with van der Waals surface area (Å²) in [6.45, 7) is 8.53. The Labute approximate surface area is 179 Å². The van der Waals surface area contributed by atoms with E-state index in [1.54, 1.807) is 19.2 Å². The molecule has 0 aliphatic heterocycles. The van der Waals surface area contributed by atoms with Gasteiger partial charge in [-0.05, 0) is 30.3 Å². The fraction of sp³-hybridized carbons (Fsp3) is 0.381. The second-order valence-electron chi connectivity index (χ2n) is 6.15. The molecule has 0 amide bonds. The van der Waals surface area contributed by atoms with Gasteiger partial charge < -0.3 is 10.6 Å². The number of nitrogens with one attached hydrogen (secondary N) is 2. The van der Waals surface area contributed by atoms with Crippen molar-refractivity contribution in [2.75, 3.05) is 20.1 Å². The molecule has 2 aromatic rings. The van der Waals surface area contributed by atoms with E-state index in [-0.39, 0.29) is 29.8 Å². The van der Waals surface area contributed by atoms with Gasteiger partial charge in [0.25, 0.3) is 0 Å². The van der Waals surface area contributed by atoms with Gasteiger partial charge in [0.2, 0.25) is 0 Å². The topological polar surface area (TPSA) is 39.7 Å². The monoisotopic (exact) mass is 484 g/mol. The molecule has 0 unspecified atom stereocenters. The van der Waals surface area contributed by atoms with E-state index in [0.717, 1.165) is 19.6 Å². The third-order valence-corrected chi connectivity index (χ3v) is 4.41. The van der Waals surface area contributed by atoms with Crippen LogP contribution in [0, 0.1) is 5.82 Å². The first-order chi connectivity index (χ1) is 12.7. The van der Waals surface area contributed by atoms with Crippen LogP contribution in [0.5, 0.6) is 0 Å². The normalized spacial score (nSPS) is 11.2. The average Bonchev–Trinajstić information content (AvgIpc) is 2.68. The number of halogens is 2. The van der Waals surface area contributed by atoms with E-state index in [1.165, 1.54) is 17.2 Å². The highest BCUT2D eigenvalue weighted by molar-refractivity contribution is 14.0. The predicted octanol–water partition coefficient (Wildman–Crippen LogP) is 4.15. The second-order valence-corrected chi connectivity index (χ2v) is 6.15. The largest absolute Gasteiger partial charge is 0.352 e. The van der Waals surface area contributed by atoms with Crippen LogP contribution in [0.1, 0.15) is 30.5 Å². The molecule has 0 fully saturated rings. The minimum absolute atomic E-state index is 0. The van der Waals surface area contributed by atoms with Crippen LogP contribution >= 0.6 is 24.0 Å². The summed E-state index contributed by atoms with van der Waals surface area (Å²) in [4.78, 5) is 6.58. The smallest absolute Gasteiger partial charge is 0.191 e. The van der Waals surface area contributed by atoms with E-state index >= 15 is 0 Å². The summed E-state index contributed by atoms with van der Waals surface area (Å²) >= 11 is 0. The Morgan fingerprint density at radius 2 is 1.52 bits per heavy atom.